The standard InChI is InChI=1S/C17H26N6/c1-18-16(21-14-15-6-3-2-4-7-15)22-10-12-23(13-11-22)17-19-8-5-9-20-17/h2-3,5,8-9,15H,4,6-7,10-14H2,1H3,(H,18,21). The molecule has 23 heavy (non-hydrogen) atoms. The maximum Gasteiger partial charge on any atom is 0.225 e. The number of piperazine rings is 1. The summed E-state index contributed by atoms with van der Waals surface area (Å²) in [7, 11) is 1.87. The van der Waals surface area contributed by atoms with Crippen LogP contribution in [-0.2, 0) is 0 Å². The molecule has 1 aliphatic carbocycles. The number of aromatic nitrogens is 2. The van der Waals surface area contributed by atoms with Crippen molar-refractivity contribution in [2.75, 3.05) is 44.7 Å². The van der Waals surface area contributed by atoms with Gasteiger partial charge in [0.05, 0.1) is 0 Å². The van der Waals surface area contributed by atoms with Crippen molar-refractivity contribution in [2.24, 2.45) is 10.9 Å². The van der Waals surface area contributed by atoms with Crippen LogP contribution in [0.1, 0.15) is 19.3 Å². The average molecular weight is 314 g/mol. The van der Waals surface area contributed by atoms with Gasteiger partial charge in [-0.1, -0.05) is 12.2 Å². The largest absolute Gasteiger partial charge is 0.356 e. The monoisotopic (exact) mass is 314 g/mol. The molecular weight excluding hydrogens is 288 g/mol. The molecule has 0 radical (unpaired) electrons. The maximum absolute atomic E-state index is 4.46. The number of nitrogens with one attached hydrogen (secondary N) is 1. The van der Waals surface area contributed by atoms with Crippen molar-refractivity contribution in [3.05, 3.63) is 30.6 Å². The summed E-state index contributed by atoms with van der Waals surface area (Å²) in [6.45, 7) is 4.76. The summed E-state index contributed by atoms with van der Waals surface area (Å²) in [6, 6.07) is 1.85. The first-order valence-corrected chi connectivity index (χ1v) is 8.49. The van der Waals surface area contributed by atoms with Gasteiger partial charge in [0.15, 0.2) is 5.96 Å². The van der Waals surface area contributed by atoms with Crippen LogP contribution in [0.4, 0.5) is 5.95 Å². The summed E-state index contributed by atoms with van der Waals surface area (Å²) in [5.74, 6) is 2.58. The van der Waals surface area contributed by atoms with Crippen LogP contribution in [0.5, 0.6) is 0 Å². The Labute approximate surface area is 138 Å². The zero-order valence-electron chi connectivity index (χ0n) is 13.9. The van der Waals surface area contributed by atoms with Gasteiger partial charge in [-0.15, -0.1) is 0 Å². The summed E-state index contributed by atoms with van der Waals surface area (Å²) in [5, 5.41) is 3.56. The fraction of sp³-hybridized carbons (Fsp3) is 0.588. The predicted molar refractivity (Wildman–Crippen MR) is 93.7 cm³/mol. The van der Waals surface area contributed by atoms with Gasteiger partial charge < -0.3 is 15.1 Å². The third-order valence-corrected chi connectivity index (χ3v) is 4.55. The van der Waals surface area contributed by atoms with Gasteiger partial charge in [-0.2, -0.15) is 0 Å². The highest BCUT2D eigenvalue weighted by atomic mass is 15.4. The molecule has 0 amide bonds. The van der Waals surface area contributed by atoms with E-state index in [0.29, 0.717) is 0 Å². The molecule has 6 heteroatoms. The number of hydrogen-bond acceptors (Lipinski definition) is 4. The lowest BCUT2D eigenvalue weighted by molar-refractivity contribution is 0.363. The van der Waals surface area contributed by atoms with E-state index in [-0.39, 0.29) is 0 Å². The summed E-state index contributed by atoms with van der Waals surface area (Å²) >= 11 is 0. The maximum atomic E-state index is 4.46. The Bertz CT molecular complexity index is 533. The molecule has 1 atom stereocenters. The van der Waals surface area contributed by atoms with Gasteiger partial charge in [-0.05, 0) is 31.2 Å². The zero-order chi connectivity index (χ0) is 15.9. The lowest BCUT2D eigenvalue weighted by Gasteiger charge is -2.36. The van der Waals surface area contributed by atoms with Crippen molar-refractivity contribution < 1.29 is 0 Å². The predicted octanol–water partition coefficient (Wildman–Crippen LogP) is 1.53. The zero-order valence-corrected chi connectivity index (χ0v) is 13.9. The number of anilines is 1. The average Bonchev–Trinajstić information content (AvgIpc) is 2.64. The van der Waals surface area contributed by atoms with E-state index in [1.54, 1.807) is 12.4 Å². The Kier molecular flexibility index (Phi) is 5.45. The summed E-state index contributed by atoms with van der Waals surface area (Å²) < 4.78 is 0. The second-order valence-electron chi connectivity index (χ2n) is 6.10. The minimum atomic E-state index is 0.732. The van der Waals surface area contributed by atoms with Crippen molar-refractivity contribution >= 4 is 11.9 Å². The van der Waals surface area contributed by atoms with Gasteiger partial charge in [-0.3, -0.25) is 4.99 Å². The molecule has 0 bridgehead atoms. The Morgan fingerprint density at radius 3 is 2.65 bits per heavy atom. The number of aliphatic imine (C=N–C) groups is 1. The normalized spacial score (nSPS) is 22.3. The molecule has 1 aromatic rings. The lowest BCUT2D eigenvalue weighted by Crippen LogP contribution is -2.53. The second kappa shape index (κ2) is 7.94. The van der Waals surface area contributed by atoms with E-state index in [4.69, 9.17) is 0 Å². The fourth-order valence-corrected chi connectivity index (χ4v) is 3.18. The van der Waals surface area contributed by atoms with Crippen molar-refractivity contribution in [1.29, 1.82) is 0 Å². The minimum Gasteiger partial charge on any atom is -0.356 e. The van der Waals surface area contributed by atoms with Crippen LogP contribution in [0, 0.1) is 5.92 Å². The quantitative estimate of drug-likeness (QED) is 0.521. The van der Waals surface area contributed by atoms with Crippen LogP contribution in [0.2, 0.25) is 0 Å². The molecular formula is C17H26N6. The van der Waals surface area contributed by atoms with Crippen molar-refractivity contribution in [2.45, 2.75) is 19.3 Å². The molecule has 1 aliphatic heterocycles. The van der Waals surface area contributed by atoms with Gasteiger partial charge in [0, 0.05) is 52.2 Å². The highest BCUT2D eigenvalue weighted by Gasteiger charge is 2.21. The molecule has 2 aliphatic rings. The Hall–Kier alpha value is -2.11. The van der Waals surface area contributed by atoms with Crippen LogP contribution >= 0.6 is 0 Å². The van der Waals surface area contributed by atoms with Crippen molar-refractivity contribution in [3.63, 3.8) is 0 Å². The molecule has 0 saturated carbocycles. The number of nitrogens with zero attached hydrogens (tertiary/aromatic N) is 5. The van der Waals surface area contributed by atoms with Gasteiger partial charge >= 0.3 is 0 Å². The van der Waals surface area contributed by atoms with Gasteiger partial charge in [-0.25, -0.2) is 9.97 Å². The number of guanidine groups is 1. The van der Waals surface area contributed by atoms with Gasteiger partial charge in [0.25, 0.3) is 0 Å². The number of hydrogen-bond donors (Lipinski definition) is 1. The lowest BCUT2D eigenvalue weighted by atomic mass is 9.94. The van der Waals surface area contributed by atoms with E-state index in [1.807, 2.05) is 13.1 Å². The molecule has 6 nitrogen and oxygen atoms in total. The Morgan fingerprint density at radius 1 is 1.22 bits per heavy atom. The highest BCUT2D eigenvalue weighted by molar-refractivity contribution is 5.80. The van der Waals surface area contributed by atoms with Gasteiger partial charge in [0.2, 0.25) is 5.95 Å². The topological polar surface area (TPSA) is 56.7 Å². The molecule has 1 N–H and O–H groups in total. The molecule has 2 heterocycles. The third-order valence-electron chi connectivity index (χ3n) is 4.55. The molecule has 1 saturated heterocycles. The molecule has 1 unspecified atom stereocenters. The van der Waals surface area contributed by atoms with Crippen molar-refractivity contribution in [1.82, 2.24) is 20.2 Å². The van der Waals surface area contributed by atoms with E-state index in [0.717, 1.165) is 50.5 Å². The molecule has 0 spiro atoms. The Balaban J connectivity index is 1.48. The van der Waals surface area contributed by atoms with Crippen LogP contribution in [-0.4, -0.2) is 60.6 Å². The number of rotatable bonds is 3. The van der Waals surface area contributed by atoms with Crippen LogP contribution < -0.4 is 10.2 Å². The molecule has 1 fully saturated rings. The first kappa shape index (κ1) is 15.8. The third kappa shape index (κ3) is 4.21. The molecule has 124 valence electrons. The number of allylic oxidation sites excluding steroid dienone is 2. The smallest absolute Gasteiger partial charge is 0.225 e. The Morgan fingerprint density at radius 2 is 2.00 bits per heavy atom. The summed E-state index contributed by atoms with van der Waals surface area (Å²) in [5.41, 5.74) is 0. The summed E-state index contributed by atoms with van der Waals surface area (Å²) in [4.78, 5) is 17.7. The first-order chi connectivity index (χ1) is 11.4. The fourth-order valence-electron chi connectivity index (χ4n) is 3.18. The van der Waals surface area contributed by atoms with Gasteiger partial charge in [0.1, 0.15) is 0 Å². The van der Waals surface area contributed by atoms with E-state index < -0.39 is 0 Å². The first-order valence-electron chi connectivity index (χ1n) is 8.49. The van der Waals surface area contributed by atoms with Crippen LogP contribution in [0.3, 0.4) is 0 Å². The highest BCUT2D eigenvalue weighted by Crippen LogP contribution is 2.17. The molecule has 3 rings (SSSR count). The van der Waals surface area contributed by atoms with Crippen LogP contribution in [0.25, 0.3) is 0 Å². The molecule has 1 aromatic heterocycles. The van der Waals surface area contributed by atoms with E-state index in [9.17, 15) is 0 Å². The van der Waals surface area contributed by atoms with E-state index in [2.05, 4.69) is 42.2 Å². The second-order valence-corrected chi connectivity index (χ2v) is 6.10. The van der Waals surface area contributed by atoms with E-state index >= 15 is 0 Å². The van der Waals surface area contributed by atoms with E-state index in [1.165, 1.54) is 19.3 Å². The van der Waals surface area contributed by atoms with Crippen molar-refractivity contribution in [3.8, 4) is 0 Å². The summed E-state index contributed by atoms with van der Waals surface area (Å²) in [6.07, 6.45) is 11.9. The minimum absolute atomic E-state index is 0.732. The SMILES string of the molecule is CN=C(NCC1CC=CCC1)N1CCN(c2ncccn2)CC1. The van der Waals surface area contributed by atoms with Crippen LogP contribution in [0.15, 0.2) is 35.6 Å². The molecule has 0 aromatic carbocycles.